The summed E-state index contributed by atoms with van der Waals surface area (Å²) in [6.07, 6.45) is 3.45. The van der Waals surface area contributed by atoms with Gasteiger partial charge in [0.25, 0.3) is 0 Å². The van der Waals surface area contributed by atoms with Gasteiger partial charge in [-0.2, -0.15) is 0 Å². The van der Waals surface area contributed by atoms with Crippen LogP contribution >= 0.6 is 0 Å². The van der Waals surface area contributed by atoms with Crippen LogP contribution in [0.5, 0.6) is 0 Å². The Bertz CT molecular complexity index is 663. The molecular weight excluding hydrogens is 382 g/mol. The van der Waals surface area contributed by atoms with Gasteiger partial charge in [0, 0.05) is 11.6 Å². The molecule has 3 heteroatoms. The van der Waals surface area contributed by atoms with Crippen molar-refractivity contribution in [2.24, 2.45) is 0 Å². The van der Waals surface area contributed by atoms with Gasteiger partial charge in [0.2, 0.25) is 0 Å². The Kier molecular flexibility index (Phi) is 18.0. The molecule has 0 aliphatic carbocycles. The number of benzene rings is 1. The summed E-state index contributed by atoms with van der Waals surface area (Å²) < 4.78 is 6.18. The molecule has 1 unspecified atom stereocenters. The van der Waals surface area contributed by atoms with Gasteiger partial charge in [-0.3, -0.25) is 0 Å². The molecule has 0 saturated heterocycles. The molecule has 0 radical (unpaired) electrons. The van der Waals surface area contributed by atoms with Gasteiger partial charge in [-0.1, -0.05) is 71.4 Å². The van der Waals surface area contributed by atoms with Gasteiger partial charge in [0.15, 0.2) is 0 Å². The molecule has 31 heavy (non-hydrogen) atoms. The number of Topliss-reactive ketones (excluding diaryl/α,β-unsaturated/α-hetero) is 1. The Balaban J connectivity index is 0. The first-order valence-corrected chi connectivity index (χ1v) is 12.0. The Morgan fingerprint density at radius 3 is 1.90 bits per heavy atom. The summed E-state index contributed by atoms with van der Waals surface area (Å²) in [6.45, 7) is 25.2. The zero-order chi connectivity index (χ0) is 24.6. The van der Waals surface area contributed by atoms with Crippen molar-refractivity contribution < 1.29 is 9.53 Å². The molecule has 1 aliphatic rings. The van der Waals surface area contributed by atoms with E-state index in [1.807, 2.05) is 27.7 Å². The maximum Gasteiger partial charge on any atom is 0.126 e. The summed E-state index contributed by atoms with van der Waals surface area (Å²) in [5, 5.41) is 3.55. The van der Waals surface area contributed by atoms with Gasteiger partial charge in [-0.25, -0.2) is 0 Å². The third kappa shape index (κ3) is 13.2. The number of carbonyl (C=O) groups excluding carboxylic acids is 1. The molecule has 0 spiro atoms. The number of nitrogens with one attached hydrogen (secondary N) is 1. The maximum atomic E-state index is 9.44. The molecular formula is C28H49NO2. The van der Waals surface area contributed by atoms with E-state index < -0.39 is 0 Å². The van der Waals surface area contributed by atoms with Crippen molar-refractivity contribution in [2.75, 3.05) is 6.54 Å². The van der Waals surface area contributed by atoms with E-state index in [-0.39, 0.29) is 11.9 Å². The third-order valence-corrected chi connectivity index (χ3v) is 4.37. The van der Waals surface area contributed by atoms with E-state index in [0.717, 1.165) is 18.7 Å². The van der Waals surface area contributed by atoms with E-state index >= 15 is 0 Å². The van der Waals surface area contributed by atoms with Gasteiger partial charge in [0.05, 0.1) is 6.10 Å². The minimum atomic E-state index is 0.167. The van der Waals surface area contributed by atoms with Crippen molar-refractivity contribution in [1.29, 1.82) is 0 Å². The van der Waals surface area contributed by atoms with E-state index in [1.165, 1.54) is 36.1 Å². The second kappa shape index (κ2) is 17.8. The maximum absolute atomic E-state index is 9.44. The predicted molar refractivity (Wildman–Crippen MR) is 139 cm³/mol. The van der Waals surface area contributed by atoms with Crippen molar-refractivity contribution in [3.05, 3.63) is 52.3 Å². The Hall–Kier alpha value is -1.87. The minimum Gasteiger partial charge on any atom is -0.491 e. The van der Waals surface area contributed by atoms with Crippen LogP contribution in [0.25, 0.3) is 6.08 Å². The Morgan fingerprint density at radius 2 is 1.52 bits per heavy atom. The second-order valence-corrected chi connectivity index (χ2v) is 8.02. The van der Waals surface area contributed by atoms with Gasteiger partial charge in [-0.05, 0) is 77.6 Å². The molecule has 3 nitrogen and oxygen atoms in total. The molecule has 178 valence electrons. The lowest BCUT2D eigenvalue weighted by Crippen LogP contribution is -2.35. The van der Waals surface area contributed by atoms with Crippen LogP contribution in [0.3, 0.4) is 0 Å². The highest BCUT2D eigenvalue weighted by molar-refractivity contribution is 5.72. The molecule has 1 N–H and O–H groups in total. The van der Waals surface area contributed by atoms with Crippen LogP contribution in [0.2, 0.25) is 0 Å². The van der Waals surface area contributed by atoms with Crippen LogP contribution < -0.4 is 5.32 Å². The quantitative estimate of drug-likeness (QED) is 0.481. The molecule has 1 aromatic rings. The lowest BCUT2D eigenvalue weighted by atomic mass is 9.93. The SMILES string of the molecule is CC.CC.CC(C)=O.CC1=C(/C(=C\c2ccc(C(C)C)cc2)OC(C)C)C(C)NCC1. The van der Waals surface area contributed by atoms with E-state index in [9.17, 15) is 4.79 Å². The normalized spacial score (nSPS) is 15.8. The molecule has 1 aliphatic heterocycles. The fourth-order valence-corrected chi connectivity index (χ4v) is 3.06. The van der Waals surface area contributed by atoms with Crippen LogP contribution in [0.4, 0.5) is 0 Å². The van der Waals surface area contributed by atoms with Crippen LogP contribution in [-0.4, -0.2) is 24.5 Å². The largest absolute Gasteiger partial charge is 0.491 e. The third-order valence-electron chi connectivity index (χ3n) is 4.37. The fraction of sp³-hybridized carbons (Fsp3) is 0.607. The number of hydrogen-bond acceptors (Lipinski definition) is 3. The summed E-state index contributed by atoms with van der Waals surface area (Å²) >= 11 is 0. The molecule has 1 heterocycles. The highest BCUT2D eigenvalue weighted by Gasteiger charge is 2.22. The number of ketones is 1. The van der Waals surface area contributed by atoms with Crippen LogP contribution in [0.15, 0.2) is 41.2 Å². The topological polar surface area (TPSA) is 38.3 Å². The lowest BCUT2D eigenvalue weighted by molar-refractivity contribution is -0.114. The monoisotopic (exact) mass is 431 g/mol. The zero-order valence-electron chi connectivity index (χ0n) is 22.3. The Morgan fingerprint density at radius 1 is 1.03 bits per heavy atom. The lowest BCUT2D eigenvalue weighted by Gasteiger charge is -2.28. The fourth-order valence-electron chi connectivity index (χ4n) is 3.06. The summed E-state index contributed by atoms with van der Waals surface area (Å²) in [4.78, 5) is 9.44. The smallest absolute Gasteiger partial charge is 0.126 e. The van der Waals surface area contributed by atoms with Crippen molar-refractivity contribution >= 4 is 11.9 Å². The minimum absolute atomic E-state index is 0.167. The highest BCUT2D eigenvalue weighted by Crippen LogP contribution is 2.28. The Labute approximate surface area is 193 Å². The van der Waals surface area contributed by atoms with Crippen molar-refractivity contribution in [3.63, 3.8) is 0 Å². The number of rotatable bonds is 5. The standard InChI is InChI=1S/C21H31NO.C3H6O.2C2H6/c1-14(2)19-9-7-18(8-10-19)13-20(23-15(3)4)21-16(5)11-12-22-17(21)6;1-3(2)4;2*1-2/h7-10,13-15,17,22H,11-12H2,1-6H3;1-2H3;2*1-2H3/b20-13+;;;. The molecule has 0 aromatic heterocycles. The summed E-state index contributed by atoms with van der Waals surface area (Å²) in [6, 6.07) is 9.15. The molecule has 1 aromatic carbocycles. The number of carbonyl (C=O) groups is 1. The molecule has 0 fully saturated rings. The van der Waals surface area contributed by atoms with Gasteiger partial charge < -0.3 is 14.8 Å². The van der Waals surface area contributed by atoms with Crippen molar-refractivity contribution in [2.45, 2.75) is 108 Å². The van der Waals surface area contributed by atoms with Gasteiger partial charge in [0.1, 0.15) is 11.5 Å². The average Bonchev–Trinajstić information content (AvgIpc) is 2.70. The van der Waals surface area contributed by atoms with Crippen LogP contribution in [0.1, 0.15) is 107 Å². The molecule has 2 rings (SSSR count). The van der Waals surface area contributed by atoms with Crippen LogP contribution in [0, 0.1) is 0 Å². The number of hydrogen-bond donors (Lipinski definition) is 1. The first kappa shape index (κ1) is 31.3. The molecule has 1 atom stereocenters. The van der Waals surface area contributed by atoms with E-state index in [2.05, 4.69) is 77.2 Å². The second-order valence-electron chi connectivity index (χ2n) is 8.02. The zero-order valence-corrected chi connectivity index (χ0v) is 22.3. The van der Waals surface area contributed by atoms with Gasteiger partial charge in [-0.15, -0.1) is 0 Å². The first-order chi connectivity index (χ1) is 14.6. The highest BCUT2D eigenvalue weighted by atomic mass is 16.5. The summed E-state index contributed by atoms with van der Waals surface area (Å²) in [5.41, 5.74) is 5.32. The van der Waals surface area contributed by atoms with E-state index in [1.54, 1.807) is 0 Å². The van der Waals surface area contributed by atoms with Gasteiger partial charge >= 0.3 is 0 Å². The average molecular weight is 432 g/mol. The number of ether oxygens (including phenoxy) is 1. The van der Waals surface area contributed by atoms with Crippen molar-refractivity contribution in [1.82, 2.24) is 5.32 Å². The first-order valence-electron chi connectivity index (χ1n) is 12.0. The molecule has 0 saturated carbocycles. The molecule has 0 bridgehead atoms. The summed E-state index contributed by atoms with van der Waals surface area (Å²) in [5.74, 6) is 1.74. The predicted octanol–water partition coefficient (Wildman–Crippen LogP) is 7.92. The summed E-state index contributed by atoms with van der Waals surface area (Å²) in [7, 11) is 0. The van der Waals surface area contributed by atoms with E-state index in [0.29, 0.717) is 12.0 Å². The van der Waals surface area contributed by atoms with Crippen LogP contribution in [-0.2, 0) is 9.53 Å². The van der Waals surface area contributed by atoms with E-state index in [4.69, 9.17) is 4.74 Å². The van der Waals surface area contributed by atoms with Crippen molar-refractivity contribution in [3.8, 4) is 0 Å². The molecule has 0 amide bonds.